The van der Waals surface area contributed by atoms with E-state index >= 15 is 0 Å². The first kappa shape index (κ1) is 19.9. The number of carbonyl (C=O) groups excluding carboxylic acids is 1. The molecule has 0 bridgehead atoms. The summed E-state index contributed by atoms with van der Waals surface area (Å²) in [5.74, 6) is 0.361. The quantitative estimate of drug-likeness (QED) is 0.569. The minimum absolute atomic E-state index is 0.219. The van der Waals surface area contributed by atoms with Crippen LogP contribution in [0.25, 0.3) is 11.0 Å². The van der Waals surface area contributed by atoms with Crippen molar-refractivity contribution in [2.45, 2.75) is 44.4 Å². The average molecular weight is 435 g/mol. The van der Waals surface area contributed by atoms with Crippen molar-refractivity contribution in [1.82, 2.24) is 14.5 Å². The van der Waals surface area contributed by atoms with Crippen LogP contribution >= 0.6 is 11.6 Å². The number of amides is 1. The van der Waals surface area contributed by atoms with E-state index in [1.807, 2.05) is 41.3 Å². The van der Waals surface area contributed by atoms with Crippen LogP contribution in [0.2, 0.25) is 5.02 Å². The SMILES string of the molecule is N#Cc1cc(Cl)c2ncn(CC3CCCC4(C3)CN(Cc3ccccc3)C(=O)O4)c2c1. The van der Waals surface area contributed by atoms with Crippen molar-refractivity contribution >= 4 is 28.7 Å². The molecule has 31 heavy (non-hydrogen) atoms. The number of hydrogen-bond donors (Lipinski definition) is 0. The van der Waals surface area contributed by atoms with Crippen LogP contribution in [0.3, 0.4) is 0 Å². The third-order valence-electron chi connectivity index (χ3n) is 6.43. The molecule has 2 fully saturated rings. The van der Waals surface area contributed by atoms with Gasteiger partial charge in [-0.15, -0.1) is 0 Å². The molecule has 6 nitrogen and oxygen atoms in total. The highest BCUT2D eigenvalue weighted by molar-refractivity contribution is 6.35. The monoisotopic (exact) mass is 434 g/mol. The Bertz CT molecular complexity index is 1170. The second-order valence-corrected chi connectivity index (χ2v) is 9.10. The summed E-state index contributed by atoms with van der Waals surface area (Å²) in [4.78, 5) is 18.9. The van der Waals surface area contributed by atoms with Gasteiger partial charge in [-0.1, -0.05) is 41.9 Å². The number of fused-ring (bicyclic) bond motifs is 1. The van der Waals surface area contributed by atoms with Crippen LogP contribution in [0.15, 0.2) is 48.8 Å². The molecule has 1 saturated carbocycles. The van der Waals surface area contributed by atoms with Crippen molar-refractivity contribution in [3.8, 4) is 6.07 Å². The maximum atomic E-state index is 12.6. The van der Waals surface area contributed by atoms with Gasteiger partial charge in [0.15, 0.2) is 0 Å². The van der Waals surface area contributed by atoms with Crippen LogP contribution in [0.4, 0.5) is 4.79 Å². The van der Waals surface area contributed by atoms with Gasteiger partial charge in [-0.25, -0.2) is 9.78 Å². The number of halogens is 1. The molecule has 158 valence electrons. The number of ether oxygens (including phenoxy) is 1. The van der Waals surface area contributed by atoms with Crippen LogP contribution in [0, 0.1) is 17.2 Å². The third kappa shape index (κ3) is 3.86. The number of rotatable bonds is 4. The lowest BCUT2D eigenvalue weighted by Gasteiger charge is -2.36. The fourth-order valence-electron chi connectivity index (χ4n) is 5.06. The first-order valence-corrected chi connectivity index (χ1v) is 11.0. The molecule has 3 aromatic rings. The van der Waals surface area contributed by atoms with Crippen molar-refractivity contribution < 1.29 is 9.53 Å². The van der Waals surface area contributed by atoms with Crippen molar-refractivity contribution in [3.05, 3.63) is 64.9 Å². The predicted octanol–water partition coefficient (Wildman–Crippen LogP) is 5.14. The summed E-state index contributed by atoms with van der Waals surface area (Å²) in [6.07, 6.45) is 5.40. The van der Waals surface area contributed by atoms with E-state index < -0.39 is 5.60 Å². The van der Waals surface area contributed by atoms with Gasteiger partial charge in [0.05, 0.1) is 35.0 Å². The molecule has 2 atom stereocenters. The fraction of sp³-hybridized carbons (Fsp3) is 0.375. The van der Waals surface area contributed by atoms with E-state index in [1.54, 1.807) is 12.4 Å². The molecule has 1 spiro atoms. The number of aromatic nitrogens is 2. The van der Waals surface area contributed by atoms with E-state index in [2.05, 4.69) is 15.6 Å². The Kier molecular flexibility index (Phi) is 5.07. The Morgan fingerprint density at radius 3 is 2.94 bits per heavy atom. The molecule has 2 aliphatic rings. The van der Waals surface area contributed by atoms with Gasteiger partial charge in [0.25, 0.3) is 0 Å². The number of imidazole rings is 1. The minimum Gasteiger partial charge on any atom is -0.441 e. The fourth-order valence-corrected chi connectivity index (χ4v) is 5.33. The van der Waals surface area contributed by atoms with Gasteiger partial charge in [0.2, 0.25) is 0 Å². The second-order valence-electron chi connectivity index (χ2n) is 8.69. The number of nitrogens with zero attached hydrogens (tertiary/aromatic N) is 4. The molecular weight excluding hydrogens is 412 g/mol. The molecular formula is C24H23ClN4O2. The molecule has 5 rings (SSSR count). The van der Waals surface area contributed by atoms with Crippen molar-refractivity contribution in [2.24, 2.45) is 5.92 Å². The Morgan fingerprint density at radius 1 is 1.29 bits per heavy atom. The van der Waals surface area contributed by atoms with Crippen molar-refractivity contribution in [1.29, 1.82) is 5.26 Å². The number of nitriles is 1. The Hall–Kier alpha value is -3.04. The molecule has 2 aromatic carbocycles. The summed E-state index contributed by atoms with van der Waals surface area (Å²) in [5.41, 5.74) is 2.81. The summed E-state index contributed by atoms with van der Waals surface area (Å²) in [6, 6.07) is 15.7. The predicted molar refractivity (Wildman–Crippen MR) is 117 cm³/mol. The number of carbonyl (C=O) groups is 1. The summed E-state index contributed by atoms with van der Waals surface area (Å²) >= 11 is 6.30. The molecule has 1 amide bonds. The van der Waals surface area contributed by atoms with Crippen LogP contribution < -0.4 is 0 Å². The van der Waals surface area contributed by atoms with Gasteiger partial charge in [-0.3, -0.25) is 4.90 Å². The lowest BCUT2D eigenvalue weighted by molar-refractivity contribution is 0.00415. The summed E-state index contributed by atoms with van der Waals surface area (Å²) in [5, 5.41) is 9.77. The van der Waals surface area contributed by atoms with E-state index in [1.165, 1.54) is 0 Å². The topological polar surface area (TPSA) is 71.2 Å². The standard InChI is InChI=1S/C24H23ClN4O2/c25-20-9-19(12-26)10-21-22(20)27-16-29(21)14-18-7-4-8-24(11-18)15-28(23(30)31-24)13-17-5-2-1-3-6-17/h1-3,5-6,9-10,16,18H,4,7-8,11,13-15H2. The second kappa shape index (κ2) is 7.90. The summed E-state index contributed by atoms with van der Waals surface area (Å²) in [7, 11) is 0. The van der Waals surface area contributed by atoms with Crippen LogP contribution in [0.1, 0.15) is 36.8 Å². The Labute approximate surface area is 186 Å². The van der Waals surface area contributed by atoms with E-state index in [4.69, 9.17) is 16.3 Å². The van der Waals surface area contributed by atoms with Crippen molar-refractivity contribution in [3.63, 3.8) is 0 Å². The molecule has 0 radical (unpaired) electrons. The molecule has 1 aliphatic carbocycles. The lowest BCUT2D eigenvalue weighted by atomic mass is 9.78. The number of hydrogen-bond acceptors (Lipinski definition) is 4. The van der Waals surface area contributed by atoms with Crippen LogP contribution in [0.5, 0.6) is 0 Å². The maximum Gasteiger partial charge on any atom is 0.410 e. The largest absolute Gasteiger partial charge is 0.441 e. The van der Waals surface area contributed by atoms with Gasteiger partial charge in [-0.2, -0.15) is 5.26 Å². The zero-order valence-corrected chi connectivity index (χ0v) is 17.9. The normalized spacial score (nSPS) is 23.3. The zero-order chi connectivity index (χ0) is 21.4. The average Bonchev–Trinajstić information content (AvgIpc) is 3.29. The highest BCUT2D eigenvalue weighted by Crippen LogP contribution is 2.41. The van der Waals surface area contributed by atoms with Crippen molar-refractivity contribution in [2.75, 3.05) is 6.54 Å². The zero-order valence-electron chi connectivity index (χ0n) is 17.1. The molecule has 0 N–H and O–H groups in total. The first-order valence-electron chi connectivity index (χ1n) is 10.6. The van der Waals surface area contributed by atoms with E-state index in [0.717, 1.165) is 43.3 Å². The van der Waals surface area contributed by atoms with Crippen LogP contribution in [-0.2, 0) is 17.8 Å². The summed E-state index contributed by atoms with van der Waals surface area (Å²) in [6.45, 7) is 1.97. The smallest absolute Gasteiger partial charge is 0.410 e. The Balaban J connectivity index is 1.32. The molecule has 2 heterocycles. The molecule has 1 saturated heterocycles. The highest BCUT2D eigenvalue weighted by atomic mass is 35.5. The summed E-state index contributed by atoms with van der Waals surface area (Å²) < 4.78 is 8.04. The molecule has 1 aliphatic heterocycles. The van der Waals surface area contributed by atoms with Gasteiger partial charge in [0, 0.05) is 13.1 Å². The van der Waals surface area contributed by atoms with E-state index in [9.17, 15) is 10.1 Å². The first-order chi connectivity index (χ1) is 15.0. The molecule has 1 aromatic heterocycles. The van der Waals surface area contributed by atoms with Gasteiger partial charge in [0.1, 0.15) is 11.1 Å². The number of benzene rings is 2. The maximum absolute atomic E-state index is 12.6. The molecule has 2 unspecified atom stereocenters. The Morgan fingerprint density at radius 2 is 2.13 bits per heavy atom. The van der Waals surface area contributed by atoms with Gasteiger partial charge in [-0.05, 0) is 49.3 Å². The van der Waals surface area contributed by atoms with E-state index in [-0.39, 0.29) is 6.09 Å². The van der Waals surface area contributed by atoms with Gasteiger partial charge < -0.3 is 9.30 Å². The third-order valence-corrected chi connectivity index (χ3v) is 6.71. The minimum atomic E-state index is -0.416. The van der Waals surface area contributed by atoms with E-state index in [0.29, 0.717) is 35.1 Å². The lowest BCUT2D eigenvalue weighted by Crippen LogP contribution is -2.40. The molecule has 7 heteroatoms. The highest BCUT2D eigenvalue weighted by Gasteiger charge is 2.47. The van der Waals surface area contributed by atoms with Gasteiger partial charge >= 0.3 is 6.09 Å². The van der Waals surface area contributed by atoms with Crippen LogP contribution in [-0.4, -0.2) is 32.7 Å².